The number of unbranched alkanes of at least 4 members (excludes halogenated alkanes) is 2. The van der Waals surface area contributed by atoms with Crippen LogP contribution in [0.25, 0.3) is 10.8 Å². The molecule has 0 amide bonds. The lowest BCUT2D eigenvalue weighted by molar-refractivity contribution is 0.315. The SMILES string of the molecule is CCCCCc1ccc(C#Cc2ccc3c(F)c(C4CCC(CC)CC4)ccc3c2)cc1. The van der Waals surface area contributed by atoms with Crippen molar-refractivity contribution in [2.45, 2.75) is 77.6 Å². The molecule has 166 valence electrons. The molecule has 0 unspecified atom stereocenters. The molecule has 3 aromatic carbocycles. The van der Waals surface area contributed by atoms with Crippen LogP contribution in [0.5, 0.6) is 0 Å². The molecule has 0 aliphatic heterocycles. The summed E-state index contributed by atoms with van der Waals surface area (Å²) in [5, 5.41) is 1.66. The summed E-state index contributed by atoms with van der Waals surface area (Å²) < 4.78 is 15.3. The van der Waals surface area contributed by atoms with E-state index in [2.05, 4.69) is 56.0 Å². The van der Waals surface area contributed by atoms with Crippen LogP contribution in [-0.4, -0.2) is 0 Å². The summed E-state index contributed by atoms with van der Waals surface area (Å²) in [4.78, 5) is 0. The molecule has 0 bridgehead atoms. The quantitative estimate of drug-likeness (QED) is 0.273. The molecule has 0 aromatic heterocycles. The fraction of sp³-hybridized carbons (Fsp3) is 0.419. The van der Waals surface area contributed by atoms with Crippen LogP contribution in [0, 0.1) is 23.6 Å². The number of aryl methyl sites for hydroxylation is 1. The molecule has 32 heavy (non-hydrogen) atoms. The maximum atomic E-state index is 15.3. The van der Waals surface area contributed by atoms with Crippen LogP contribution >= 0.6 is 0 Å². The maximum Gasteiger partial charge on any atom is 0.134 e. The van der Waals surface area contributed by atoms with Crippen molar-refractivity contribution in [1.82, 2.24) is 0 Å². The summed E-state index contributed by atoms with van der Waals surface area (Å²) in [6.45, 7) is 4.50. The van der Waals surface area contributed by atoms with Gasteiger partial charge in [0.15, 0.2) is 0 Å². The molecule has 0 atom stereocenters. The van der Waals surface area contributed by atoms with Crippen LogP contribution in [0.2, 0.25) is 0 Å². The van der Waals surface area contributed by atoms with Gasteiger partial charge in [0, 0.05) is 16.5 Å². The molecule has 1 fully saturated rings. The average molecular weight is 427 g/mol. The van der Waals surface area contributed by atoms with E-state index in [1.165, 1.54) is 44.1 Å². The van der Waals surface area contributed by atoms with Crippen LogP contribution in [0.3, 0.4) is 0 Å². The number of fused-ring (bicyclic) bond motifs is 1. The van der Waals surface area contributed by atoms with E-state index in [9.17, 15) is 0 Å². The zero-order valence-corrected chi connectivity index (χ0v) is 19.6. The Bertz CT molecular complexity index is 1090. The van der Waals surface area contributed by atoms with E-state index >= 15 is 4.39 Å². The molecule has 0 nitrogen and oxygen atoms in total. The molecular formula is C31H35F. The zero-order chi connectivity index (χ0) is 22.3. The zero-order valence-electron chi connectivity index (χ0n) is 19.6. The third-order valence-corrected chi connectivity index (χ3v) is 7.22. The van der Waals surface area contributed by atoms with Crippen LogP contribution in [0.1, 0.15) is 93.4 Å². The highest BCUT2D eigenvalue weighted by Crippen LogP contribution is 2.39. The van der Waals surface area contributed by atoms with Gasteiger partial charge in [0.25, 0.3) is 0 Å². The molecule has 0 N–H and O–H groups in total. The highest BCUT2D eigenvalue weighted by Gasteiger charge is 2.24. The number of halogens is 1. The molecule has 0 saturated heterocycles. The fourth-order valence-electron chi connectivity index (χ4n) is 5.06. The molecule has 0 radical (unpaired) electrons. The Balaban J connectivity index is 1.48. The second-order valence-electron chi connectivity index (χ2n) is 9.43. The number of hydrogen-bond donors (Lipinski definition) is 0. The van der Waals surface area contributed by atoms with Gasteiger partial charge in [-0.2, -0.15) is 0 Å². The maximum absolute atomic E-state index is 15.3. The molecule has 4 rings (SSSR count). The van der Waals surface area contributed by atoms with Gasteiger partial charge in [-0.25, -0.2) is 4.39 Å². The summed E-state index contributed by atoms with van der Waals surface area (Å²) in [5.41, 5.74) is 4.24. The van der Waals surface area contributed by atoms with Gasteiger partial charge in [0.05, 0.1) is 0 Å². The van der Waals surface area contributed by atoms with E-state index < -0.39 is 0 Å². The van der Waals surface area contributed by atoms with Crippen molar-refractivity contribution in [3.05, 3.63) is 82.7 Å². The lowest BCUT2D eigenvalue weighted by Gasteiger charge is -2.28. The minimum atomic E-state index is -0.0272. The van der Waals surface area contributed by atoms with Crippen molar-refractivity contribution < 1.29 is 4.39 Å². The largest absolute Gasteiger partial charge is 0.206 e. The van der Waals surface area contributed by atoms with E-state index in [1.54, 1.807) is 0 Å². The Hall–Kier alpha value is -2.59. The van der Waals surface area contributed by atoms with Gasteiger partial charge in [-0.15, -0.1) is 0 Å². The Morgan fingerprint density at radius 1 is 0.812 bits per heavy atom. The number of rotatable bonds is 6. The molecule has 0 spiro atoms. The predicted octanol–water partition coefficient (Wildman–Crippen LogP) is 8.80. The number of benzene rings is 3. The van der Waals surface area contributed by atoms with E-state index in [4.69, 9.17) is 0 Å². The standard InChI is InChI=1S/C31H35F/c1-3-5-6-7-24-8-10-25(11-9-24)12-13-26-16-20-30-28(22-26)19-21-29(31(30)32)27-17-14-23(4-2)15-18-27/h8-11,16,19-23,27H,3-7,14-15,17-18H2,1-2H3. The molecule has 1 saturated carbocycles. The summed E-state index contributed by atoms with van der Waals surface area (Å²) in [5.74, 6) is 7.69. The van der Waals surface area contributed by atoms with Gasteiger partial charge >= 0.3 is 0 Å². The second-order valence-corrected chi connectivity index (χ2v) is 9.43. The first kappa shape index (κ1) is 22.6. The van der Waals surface area contributed by atoms with E-state index in [1.807, 2.05) is 24.3 Å². The van der Waals surface area contributed by atoms with Crippen molar-refractivity contribution in [1.29, 1.82) is 0 Å². The predicted molar refractivity (Wildman–Crippen MR) is 135 cm³/mol. The van der Waals surface area contributed by atoms with Gasteiger partial charge in [0.1, 0.15) is 5.82 Å². The first-order chi connectivity index (χ1) is 15.7. The van der Waals surface area contributed by atoms with Gasteiger partial charge < -0.3 is 0 Å². The van der Waals surface area contributed by atoms with Crippen molar-refractivity contribution in [2.24, 2.45) is 5.92 Å². The van der Waals surface area contributed by atoms with E-state index in [0.717, 1.165) is 52.6 Å². The van der Waals surface area contributed by atoms with Crippen molar-refractivity contribution in [2.75, 3.05) is 0 Å². The van der Waals surface area contributed by atoms with Gasteiger partial charge in [0.2, 0.25) is 0 Å². The minimum absolute atomic E-state index is 0.0272. The van der Waals surface area contributed by atoms with Gasteiger partial charge in [-0.3, -0.25) is 0 Å². The lowest BCUT2D eigenvalue weighted by Crippen LogP contribution is -2.13. The summed E-state index contributed by atoms with van der Waals surface area (Å²) in [6.07, 6.45) is 10.9. The molecule has 0 heterocycles. The fourth-order valence-corrected chi connectivity index (χ4v) is 5.06. The summed E-state index contributed by atoms with van der Waals surface area (Å²) >= 11 is 0. The second kappa shape index (κ2) is 10.8. The Morgan fingerprint density at radius 3 is 2.25 bits per heavy atom. The lowest BCUT2D eigenvalue weighted by atomic mass is 9.77. The first-order valence-corrected chi connectivity index (χ1v) is 12.5. The Kier molecular flexibility index (Phi) is 7.64. The topological polar surface area (TPSA) is 0 Å². The van der Waals surface area contributed by atoms with E-state index in [0.29, 0.717) is 5.92 Å². The van der Waals surface area contributed by atoms with Crippen molar-refractivity contribution in [3.8, 4) is 11.8 Å². The van der Waals surface area contributed by atoms with Crippen LogP contribution in [-0.2, 0) is 6.42 Å². The van der Waals surface area contributed by atoms with Gasteiger partial charge in [-0.05, 0) is 91.1 Å². The summed E-state index contributed by atoms with van der Waals surface area (Å²) in [6, 6.07) is 18.6. The third-order valence-electron chi connectivity index (χ3n) is 7.22. The van der Waals surface area contributed by atoms with Crippen LogP contribution < -0.4 is 0 Å². The molecule has 1 aliphatic rings. The highest BCUT2D eigenvalue weighted by molar-refractivity contribution is 5.85. The number of hydrogen-bond acceptors (Lipinski definition) is 0. The normalized spacial score (nSPS) is 18.3. The summed E-state index contributed by atoms with van der Waals surface area (Å²) in [7, 11) is 0. The van der Waals surface area contributed by atoms with Crippen LogP contribution in [0.15, 0.2) is 54.6 Å². The van der Waals surface area contributed by atoms with Crippen LogP contribution in [0.4, 0.5) is 4.39 Å². The molecule has 1 aliphatic carbocycles. The third kappa shape index (κ3) is 5.42. The van der Waals surface area contributed by atoms with Crippen molar-refractivity contribution >= 4 is 10.8 Å². The Labute approximate surface area is 193 Å². The molecule has 1 heteroatoms. The van der Waals surface area contributed by atoms with E-state index in [-0.39, 0.29) is 5.82 Å². The minimum Gasteiger partial charge on any atom is -0.206 e. The Morgan fingerprint density at radius 2 is 1.53 bits per heavy atom. The first-order valence-electron chi connectivity index (χ1n) is 12.5. The smallest absolute Gasteiger partial charge is 0.134 e. The molecule has 3 aromatic rings. The highest BCUT2D eigenvalue weighted by atomic mass is 19.1. The monoisotopic (exact) mass is 426 g/mol. The van der Waals surface area contributed by atoms with Crippen molar-refractivity contribution in [3.63, 3.8) is 0 Å². The van der Waals surface area contributed by atoms with Gasteiger partial charge in [-0.1, -0.05) is 75.3 Å². The molecular weight excluding hydrogens is 391 g/mol. The average Bonchev–Trinajstić information content (AvgIpc) is 2.84.